The van der Waals surface area contributed by atoms with Gasteiger partial charge in [0.2, 0.25) is 10.0 Å². The normalized spacial score (nSPS) is 14.3. The predicted molar refractivity (Wildman–Crippen MR) is 74.8 cm³/mol. The second kappa shape index (κ2) is 6.64. The number of halogens is 6. The molecule has 0 aliphatic rings. The highest BCUT2D eigenvalue weighted by Gasteiger charge is 2.44. The molecule has 1 atom stereocenters. The first-order valence-electron chi connectivity index (χ1n) is 6.57. The highest BCUT2D eigenvalue weighted by molar-refractivity contribution is 7.89. The maximum absolute atomic E-state index is 13.2. The van der Waals surface area contributed by atoms with E-state index in [1.54, 1.807) is 0 Å². The summed E-state index contributed by atoms with van der Waals surface area (Å²) in [4.78, 5) is 3.00. The predicted octanol–water partition coefficient (Wildman–Crippen LogP) is 3.68. The minimum absolute atomic E-state index is 0.451. The molecule has 0 radical (unpaired) electrons. The second-order valence-electron chi connectivity index (χ2n) is 4.90. The number of hydrogen-bond acceptors (Lipinski definition) is 3. The molecule has 136 valence electrons. The fraction of sp³-hybridized carbons (Fsp3) is 0.214. The van der Waals surface area contributed by atoms with E-state index >= 15 is 0 Å². The molecular weight excluding hydrogens is 374 g/mol. The number of nitrogens with zero attached hydrogens (tertiary/aromatic N) is 1. The topological polar surface area (TPSA) is 59.1 Å². The summed E-state index contributed by atoms with van der Waals surface area (Å²) in [6.45, 7) is 0. The molecular formula is C14H10F6N2O2S. The van der Waals surface area contributed by atoms with Crippen molar-refractivity contribution in [2.24, 2.45) is 0 Å². The molecule has 25 heavy (non-hydrogen) atoms. The van der Waals surface area contributed by atoms with Gasteiger partial charge in [0.05, 0.1) is 5.56 Å². The first-order valence-corrected chi connectivity index (χ1v) is 8.06. The number of benzene rings is 1. The Morgan fingerprint density at radius 1 is 0.960 bits per heavy atom. The van der Waals surface area contributed by atoms with Crippen LogP contribution in [-0.4, -0.2) is 19.6 Å². The minimum atomic E-state index is -5.06. The van der Waals surface area contributed by atoms with Crippen LogP contribution in [0.2, 0.25) is 0 Å². The van der Waals surface area contributed by atoms with Gasteiger partial charge in [-0.05, 0) is 29.8 Å². The average Bonchev–Trinajstić information content (AvgIpc) is 2.52. The van der Waals surface area contributed by atoms with Gasteiger partial charge in [0.25, 0.3) is 0 Å². The maximum atomic E-state index is 13.2. The van der Waals surface area contributed by atoms with Crippen molar-refractivity contribution in [1.82, 2.24) is 9.71 Å². The molecule has 2 aromatic rings. The fourth-order valence-corrected chi connectivity index (χ4v) is 3.09. The highest BCUT2D eigenvalue weighted by atomic mass is 32.2. The van der Waals surface area contributed by atoms with Gasteiger partial charge in [0.1, 0.15) is 10.9 Å². The monoisotopic (exact) mass is 384 g/mol. The minimum Gasteiger partial charge on any atom is -0.263 e. The van der Waals surface area contributed by atoms with Crippen molar-refractivity contribution in [2.45, 2.75) is 23.3 Å². The molecule has 0 saturated carbocycles. The van der Waals surface area contributed by atoms with Crippen molar-refractivity contribution >= 4 is 10.0 Å². The Bertz CT molecular complexity index is 817. The van der Waals surface area contributed by atoms with Gasteiger partial charge < -0.3 is 0 Å². The molecule has 0 aliphatic carbocycles. The van der Waals surface area contributed by atoms with E-state index in [1.807, 2.05) is 0 Å². The van der Waals surface area contributed by atoms with Crippen LogP contribution < -0.4 is 4.72 Å². The zero-order chi connectivity index (χ0) is 18.9. The standard InChI is InChI=1S/C14H10F6N2O2S/c15-13(16,17)10-5-3-9(4-6-10)12(14(18,19)20)22-25(23,24)11-2-1-7-21-8-11/h1-8,12,22H. The van der Waals surface area contributed by atoms with E-state index in [1.165, 1.54) is 17.0 Å². The largest absolute Gasteiger partial charge is 0.416 e. The lowest BCUT2D eigenvalue weighted by Crippen LogP contribution is -2.38. The Hall–Kier alpha value is -2.14. The van der Waals surface area contributed by atoms with E-state index in [0.29, 0.717) is 24.3 Å². The van der Waals surface area contributed by atoms with Crippen LogP contribution in [0.15, 0.2) is 53.7 Å². The maximum Gasteiger partial charge on any atom is 0.416 e. The summed E-state index contributed by atoms with van der Waals surface area (Å²) in [6, 6.07) is 1.60. The summed E-state index contributed by atoms with van der Waals surface area (Å²) in [5.41, 5.74) is -1.82. The number of aromatic nitrogens is 1. The molecule has 11 heteroatoms. The van der Waals surface area contributed by atoms with Crippen molar-refractivity contribution in [3.63, 3.8) is 0 Å². The second-order valence-corrected chi connectivity index (χ2v) is 6.62. The quantitative estimate of drug-likeness (QED) is 0.819. The van der Waals surface area contributed by atoms with Gasteiger partial charge in [-0.3, -0.25) is 4.98 Å². The van der Waals surface area contributed by atoms with Crippen LogP contribution in [0.25, 0.3) is 0 Å². The van der Waals surface area contributed by atoms with Crippen LogP contribution >= 0.6 is 0 Å². The SMILES string of the molecule is O=S(=O)(NC(c1ccc(C(F)(F)F)cc1)C(F)(F)F)c1cccnc1. The molecule has 1 unspecified atom stereocenters. The Morgan fingerprint density at radius 3 is 2.00 bits per heavy atom. The first kappa shape index (κ1) is 19.2. The molecule has 0 fully saturated rings. The summed E-state index contributed by atoms with van der Waals surface area (Å²) in [5.74, 6) is 0. The van der Waals surface area contributed by atoms with Crippen LogP contribution in [0.5, 0.6) is 0 Å². The van der Waals surface area contributed by atoms with E-state index in [2.05, 4.69) is 4.98 Å². The average molecular weight is 384 g/mol. The third kappa shape index (κ3) is 4.69. The van der Waals surface area contributed by atoms with Crippen LogP contribution in [-0.2, 0) is 16.2 Å². The van der Waals surface area contributed by atoms with E-state index in [4.69, 9.17) is 0 Å². The fourth-order valence-electron chi connectivity index (χ4n) is 1.92. The third-order valence-electron chi connectivity index (χ3n) is 3.12. The van der Waals surface area contributed by atoms with E-state index in [9.17, 15) is 34.8 Å². The Kier molecular flexibility index (Phi) is 5.09. The van der Waals surface area contributed by atoms with Gasteiger partial charge in [-0.15, -0.1) is 0 Å². The van der Waals surface area contributed by atoms with Gasteiger partial charge in [0.15, 0.2) is 0 Å². The number of hydrogen-bond donors (Lipinski definition) is 1. The van der Waals surface area contributed by atoms with Crippen molar-refractivity contribution in [2.75, 3.05) is 0 Å². The molecule has 4 nitrogen and oxygen atoms in total. The van der Waals surface area contributed by atoms with Gasteiger partial charge in [0, 0.05) is 12.4 Å². The number of rotatable bonds is 4. The van der Waals surface area contributed by atoms with Crippen molar-refractivity contribution in [3.05, 3.63) is 59.9 Å². The molecule has 1 N–H and O–H groups in total. The molecule has 1 aromatic heterocycles. The first-order chi connectivity index (χ1) is 11.4. The Balaban J connectivity index is 2.38. The van der Waals surface area contributed by atoms with Gasteiger partial charge >= 0.3 is 12.4 Å². The third-order valence-corrected chi connectivity index (χ3v) is 4.52. The molecule has 1 aromatic carbocycles. The zero-order valence-electron chi connectivity index (χ0n) is 12.1. The summed E-state index contributed by atoms with van der Waals surface area (Å²) in [7, 11) is -4.58. The Labute approximate surface area is 138 Å². The van der Waals surface area contributed by atoms with Crippen LogP contribution in [0, 0.1) is 0 Å². The van der Waals surface area contributed by atoms with Crippen molar-refractivity contribution in [1.29, 1.82) is 0 Å². The lowest BCUT2D eigenvalue weighted by Gasteiger charge is -2.22. The number of pyridine rings is 1. The molecule has 0 saturated heterocycles. The molecule has 0 bridgehead atoms. The van der Waals surface area contributed by atoms with Crippen LogP contribution in [0.1, 0.15) is 17.2 Å². The summed E-state index contributed by atoms with van der Waals surface area (Å²) < 4.78 is 103. The van der Waals surface area contributed by atoms with Gasteiger partial charge in [-0.2, -0.15) is 31.1 Å². The lowest BCUT2D eigenvalue weighted by atomic mass is 10.1. The molecule has 2 rings (SSSR count). The van der Waals surface area contributed by atoms with E-state index in [0.717, 1.165) is 12.3 Å². The summed E-state index contributed by atoms with van der Waals surface area (Å²) in [5, 5.41) is 0. The van der Waals surface area contributed by atoms with Crippen LogP contribution in [0.4, 0.5) is 26.3 Å². The van der Waals surface area contributed by atoms with Gasteiger partial charge in [-0.1, -0.05) is 12.1 Å². The summed E-state index contributed by atoms with van der Waals surface area (Å²) >= 11 is 0. The molecule has 1 heterocycles. The van der Waals surface area contributed by atoms with Crippen molar-refractivity contribution < 1.29 is 34.8 Å². The number of nitrogens with one attached hydrogen (secondary N) is 1. The number of sulfonamides is 1. The summed E-state index contributed by atoms with van der Waals surface area (Å²) in [6.07, 6.45) is -7.70. The van der Waals surface area contributed by atoms with E-state index in [-0.39, 0.29) is 0 Å². The number of alkyl halides is 6. The zero-order valence-corrected chi connectivity index (χ0v) is 13.0. The van der Waals surface area contributed by atoms with E-state index < -0.39 is 44.4 Å². The molecule has 0 aliphatic heterocycles. The Morgan fingerprint density at radius 2 is 1.56 bits per heavy atom. The van der Waals surface area contributed by atoms with Crippen LogP contribution in [0.3, 0.4) is 0 Å². The molecule has 0 amide bonds. The van der Waals surface area contributed by atoms with Gasteiger partial charge in [-0.25, -0.2) is 8.42 Å². The highest BCUT2D eigenvalue weighted by Crippen LogP contribution is 2.36. The molecule has 0 spiro atoms. The van der Waals surface area contributed by atoms with Crippen molar-refractivity contribution in [3.8, 4) is 0 Å². The lowest BCUT2D eigenvalue weighted by molar-refractivity contribution is -0.153. The smallest absolute Gasteiger partial charge is 0.263 e.